The van der Waals surface area contributed by atoms with Crippen molar-refractivity contribution >= 4 is 5.91 Å². The van der Waals surface area contributed by atoms with Gasteiger partial charge in [-0.3, -0.25) is 4.79 Å². The molecule has 0 radical (unpaired) electrons. The van der Waals surface area contributed by atoms with Crippen molar-refractivity contribution in [2.24, 2.45) is 0 Å². The maximum atomic E-state index is 12.1. The third kappa shape index (κ3) is 3.25. The van der Waals surface area contributed by atoms with Crippen molar-refractivity contribution < 1.29 is 19.4 Å². The molecule has 2 heterocycles. The van der Waals surface area contributed by atoms with Crippen LogP contribution >= 0.6 is 0 Å². The van der Waals surface area contributed by atoms with Gasteiger partial charge < -0.3 is 19.5 Å². The summed E-state index contributed by atoms with van der Waals surface area (Å²) in [5.41, 5.74) is 3.64. The molecule has 1 unspecified atom stereocenters. The Labute approximate surface area is 146 Å². The van der Waals surface area contributed by atoms with E-state index in [-0.39, 0.29) is 11.9 Å². The van der Waals surface area contributed by atoms with E-state index < -0.39 is 6.61 Å². The first-order chi connectivity index (χ1) is 12.1. The minimum absolute atomic E-state index is 0.243. The number of aliphatic hydroxyl groups is 1. The molecular formula is C18H23N3O4. The summed E-state index contributed by atoms with van der Waals surface area (Å²) < 4.78 is 12.7. The third-order valence-corrected chi connectivity index (χ3v) is 4.56. The number of benzene rings is 1. The van der Waals surface area contributed by atoms with Crippen LogP contribution in [0.15, 0.2) is 24.3 Å². The van der Waals surface area contributed by atoms with E-state index in [0.717, 1.165) is 28.4 Å². The minimum atomic E-state index is -0.501. The Morgan fingerprint density at radius 1 is 1.44 bits per heavy atom. The number of aryl methyl sites for hydroxylation is 1. The third-order valence-electron chi connectivity index (χ3n) is 4.56. The van der Waals surface area contributed by atoms with Crippen LogP contribution in [0.3, 0.4) is 0 Å². The standard InChI is InChI=1S/C18H23N3O4/c1-12-18(16-11-25-8-7-20(16)17(23)10-22)13(2)21(19-12)14-5-4-6-15(9-14)24-3/h4-6,9,16,22H,7-8,10-11H2,1-3H3. The Hall–Kier alpha value is -2.38. The molecular weight excluding hydrogens is 322 g/mol. The van der Waals surface area contributed by atoms with Crippen LogP contribution in [0.4, 0.5) is 0 Å². The fraction of sp³-hybridized carbons (Fsp3) is 0.444. The highest BCUT2D eigenvalue weighted by Crippen LogP contribution is 2.31. The summed E-state index contributed by atoms with van der Waals surface area (Å²) in [7, 11) is 1.63. The predicted molar refractivity (Wildman–Crippen MR) is 91.9 cm³/mol. The number of morpholine rings is 1. The van der Waals surface area contributed by atoms with Crippen molar-refractivity contribution in [3.05, 3.63) is 41.2 Å². The maximum absolute atomic E-state index is 12.1. The van der Waals surface area contributed by atoms with Crippen LogP contribution < -0.4 is 4.74 Å². The predicted octanol–water partition coefficient (Wildman–Crippen LogP) is 1.39. The summed E-state index contributed by atoms with van der Waals surface area (Å²) in [4.78, 5) is 13.8. The van der Waals surface area contributed by atoms with Crippen LogP contribution in [0.1, 0.15) is 23.0 Å². The molecule has 0 aliphatic carbocycles. The second kappa shape index (κ2) is 7.25. The lowest BCUT2D eigenvalue weighted by molar-refractivity contribution is -0.143. The van der Waals surface area contributed by atoms with Gasteiger partial charge in [0.25, 0.3) is 0 Å². The summed E-state index contributed by atoms with van der Waals surface area (Å²) in [6, 6.07) is 7.42. The van der Waals surface area contributed by atoms with Gasteiger partial charge in [-0.25, -0.2) is 4.68 Å². The number of aliphatic hydroxyl groups excluding tert-OH is 1. The van der Waals surface area contributed by atoms with Crippen LogP contribution in [0, 0.1) is 13.8 Å². The fourth-order valence-electron chi connectivity index (χ4n) is 3.36. The quantitative estimate of drug-likeness (QED) is 0.906. The highest BCUT2D eigenvalue weighted by atomic mass is 16.5. The Kier molecular flexibility index (Phi) is 5.06. The number of methoxy groups -OCH3 is 1. The number of hydrogen-bond donors (Lipinski definition) is 1. The second-order valence-electron chi connectivity index (χ2n) is 6.03. The van der Waals surface area contributed by atoms with Gasteiger partial charge in [-0.15, -0.1) is 0 Å². The van der Waals surface area contributed by atoms with E-state index in [1.807, 2.05) is 42.8 Å². The average Bonchev–Trinajstić information content (AvgIpc) is 2.95. The zero-order valence-corrected chi connectivity index (χ0v) is 14.7. The fourth-order valence-corrected chi connectivity index (χ4v) is 3.36. The molecule has 134 valence electrons. The average molecular weight is 345 g/mol. The van der Waals surface area contributed by atoms with Crippen molar-refractivity contribution in [2.45, 2.75) is 19.9 Å². The zero-order valence-electron chi connectivity index (χ0n) is 14.7. The molecule has 1 saturated heterocycles. The second-order valence-corrected chi connectivity index (χ2v) is 6.03. The van der Waals surface area contributed by atoms with Gasteiger partial charge >= 0.3 is 0 Å². The molecule has 1 amide bonds. The smallest absolute Gasteiger partial charge is 0.248 e. The molecule has 1 atom stereocenters. The SMILES string of the molecule is COc1cccc(-n2nc(C)c(C3COCCN3C(=O)CO)c2C)c1. The molecule has 1 aromatic carbocycles. The lowest BCUT2D eigenvalue weighted by atomic mass is 10.0. The van der Waals surface area contributed by atoms with Gasteiger partial charge in [-0.1, -0.05) is 6.07 Å². The van der Waals surface area contributed by atoms with Gasteiger partial charge in [0.15, 0.2) is 0 Å². The number of amides is 1. The van der Waals surface area contributed by atoms with Crippen LogP contribution in [-0.4, -0.2) is 59.2 Å². The van der Waals surface area contributed by atoms with Crippen molar-refractivity contribution in [1.82, 2.24) is 14.7 Å². The van der Waals surface area contributed by atoms with E-state index in [4.69, 9.17) is 9.47 Å². The van der Waals surface area contributed by atoms with Crippen molar-refractivity contribution in [1.29, 1.82) is 0 Å². The topological polar surface area (TPSA) is 76.8 Å². The number of hydrogen-bond acceptors (Lipinski definition) is 5. The van der Waals surface area contributed by atoms with Crippen LogP contribution in [0.25, 0.3) is 5.69 Å². The summed E-state index contributed by atoms with van der Waals surface area (Å²) in [5.74, 6) is 0.464. The lowest BCUT2D eigenvalue weighted by Gasteiger charge is -2.35. The first-order valence-electron chi connectivity index (χ1n) is 8.25. The van der Waals surface area contributed by atoms with Gasteiger partial charge in [0.05, 0.1) is 37.7 Å². The molecule has 1 N–H and O–H groups in total. The van der Waals surface area contributed by atoms with E-state index >= 15 is 0 Å². The first-order valence-corrected chi connectivity index (χ1v) is 8.25. The molecule has 1 aliphatic rings. The minimum Gasteiger partial charge on any atom is -0.497 e. The van der Waals surface area contributed by atoms with Gasteiger partial charge in [0, 0.05) is 23.9 Å². The van der Waals surface area contributed by atoms with E-state index in [0.29, 0.717) is 19.8 Å². The van der Waals surface area contributed by atoms with Gasteiger partial charge in [-0.2, -0.15) is 5.10 Å². The molecule has 7 nitrogen and oxygen atoms in total. The number of nitrogens with zero attached hydrogens (tertiary/aromatic N) is 3. The molecule has 25 heavy (non-hydrogen) atoms. The normalized spacial score (nSPS) is 17.6. The summed E-state index contributed by atoms with van der Waals surface area (Å²) >= 11 is 0. The summed E-state index contributed by atoms with van der Waals surface area (Å²) in [5, 5.41) is 13.9. The Morgan fingerprint density at radius 3 is 2.96 bits per heavy atom. The molecule has 1 aliphatic heterocycles. The van der Waals surface area contributed by atoms with Gasteiger partial charge in [-0.05, 0) is 26.0 Å². The molecule has 1 aromatic heterocycles. The van der Waals surface area contributed by atoms with Crippen LogP contribution in [0.5, 0.6) is 5.75 Å². The lowest BCUT2D eigenvalue weighted by Crippen LogP contribution is -2.45. The van der Waals surface area contributed by atoms with Crippen molar-refractivity contribution in [2.75, 3.05) is 33.5 Å². The molecule has 0 saturated carbocycles. The molecule has 0 spiro atoms. The molecule has 3 rings (SSSR count). The van der Waals surface area contributed by atoms with Crippen LogP contribution in [0.2, 0.25) is 0 Å². The Balaban J connectivity index is 2.02. The monoisotopic (exact) mass is 345 g/mol. The summed E-state index contributed by atoms with van der Waals surface area (Å²) in [6.07, 6.45) is 0. The molecule has 0 bridgehead atoms. The summed E-state index contributed by atoms with van der Waals surface area (Å²) in [6.45, 7) is 4.74. The van der Waals surface area contributed by atoms with Crippen molar-refractivity contribution in [3.8, 4) is 11.4 Å². The number of ether oxygens (including phenoxy) is 2. The largest absolute Gasteiger partial charge is 0.497 e. The zero-order chi connectivity index (χ0) is 18.0. The van der Waals surface area contributed by atoms with E-state index in [2.05, 4.69) is 5.10 Å². The first kappa shape index (κ1) is 17.4. The molecule has 7 heteroatoms. The van der Waals surface area contributed by atoms with Gasteiger partial charge in [0.1, 0.15) is 12.4 Å². The molecule has 2 aromatic rings. The van der Waals surface area contributed by atoms with Gasteiger partial charge in [0.2, 0.25) is 5.91 Å². The highest BCUT2D eigenvalue weighted by molar-refractivity contribution is 5.78. The number of rotatable bonds is 4. The number of carbonyl (C=O) groups is 1. The van der Waals surface area contributed by atoms with Crippen LogP contribution in [-0.2, 0) is 9.53 Å². The van der Waals surface area contributed by atoms with E-state index in [9.17, 15) is 9.90 Å². The Bertz CT molecular complexity index is 772. The van der Waals surface area contributed by atoms with E-state index in [1.165, 1.54) is 0 Å². The number of carbonyl (C=O) groups excluding carboxylic acids is 1. The highest BCUT2D eigenvalue weighted by Gasteiger charge is 2.32. The Morgan fingerprint density at radius 2 is 2.24 bits per heavy atom. The molecule has 1 fully saturated rings. The maximum Gasteiger partial charge on any atom is 0.248 e. The van der Waals surface area contributed by atoms with E-state index in [1.54, 1.807) is 12.0 Å². The van der Waals surface area contributed by atoms with Crippen molar-refractivity contribution in [3.63, 3.8) is 0 Å². The number of aromatic nitrogens is 2.